The van der Waals surface area contributed by atoms with Gasteiger partial charge in [0.1, 0.15) is 5.75 Å². The summed E-state index contributed by atoms with van der Waals surface area (Å²) in [5.74, 6) is 0.913. The molecule has 1 saturated heterocycles. The lowest BCUT2D eigenvalue weighted by Gasteiger charge is -2.34. The van der Waals surface area contributed by atoms with Gasteiger partial charge in [-0.25, -0.2) is 0 Å². The van der Waals surface area contributed by atoms with Crippen molar-refractivity contribution >= 4 is 0 Å². The molecule has 106 valence electrons. The molecule has 1 atom stereocenters. The van der Waals surface area contributed by atoms with Crippen LogP contribution in [0.3, 0.4) is 0 Å². The highest BCUT2D eigenvalue weighted by atomic mass is 16.5. The largest absolute Gasteiger partial charge is 0.491 e. The second-order valence-corrected chi connectivity index (χ2v) is 5.14. The Morgan fingerprint density at radius 2 is 1.84 bits per heavy atom. The predicted octanol–water partition coefficient (Wildman–Crippen LogP) is 1.81. The maximum absolute atomic E-state index is 5.94. The normalized spacial score (nSPS) is 18.5. The van der Waals surface area contributed by atoms with E-state index in [0.717, 1.165) is 32.1 Å². The van der Waals surface area contributed by atoms with Gasteiger partial charge in [0.05, 0.1) is 19.3 Å². The van der Waals surface area contributed by atoms with Crippen molar-refractivity contribution in [2.24, 2.45) is 5.73 Å². The molecule has 1 aromatic rings. The minimum atomic E-state index is 0.204. The Morgan fingerprint density at radius 1 is 1.21 bits per heavy atom. The van der Waals surface area contributed by atoms with Crippen molar-refractivity contribution in [1.29, 1.82) is 0 Å². The molecule has 0 radical (unpaired) electrons. The van der Waals surface area contributed by atoms with Gasteiger partial charge in [0.15, 0.2) is 0 Å². The average Bonchev–Trinajstić information content (AvgIpc) is 2.42. The van der Waals surface area contributed by atoms with Gasteiger partial charge in [0.2, 0.25) is 0 Å². The van der Waals surface area contributed by atoms with Gasteiger partial charge in [-0.3, -0.25) is 4.90 Å². The van der Waals surface area contributed by atoms with Gasteiger partial charge in [-0.1, -0.05) is 12.1 Å². The van der Waals surface area contributed by atoms with E-state index in [0.29, 0.717) is 6.54 Å². The Hall–Kier alpha value is -1.10. The molecule has 4 heteroatoms. The van der Waals surface area contributed by atoms with Crippen LogP contribution in [0, 0.1) is 0 Å². The zero-order valence-electron chi connectivity index (χ0n) is 11.8. The van der Waals surface area contributed by atoms with Gasteiger partial charge >= 0.3 is 0 Å². The fourth-order valence-electron chi connectivity index (χ4n) is 2.43. The third-order valence-corrected chi connectivity index (χ3v) is 3.35. The summed E-state index contributed by atoms with van der Waals surface area (Å²) >= 11 is 0. The molecular weight excluding hydrogens is 240 g/mol. The van der Waals surface area contributed by atoms with Crippen LogP contribution in [0.2, 0.25) is 0 Å². The molecule has 0 aliphatic carbocycles. The standard InChI is InChI=1S/C15H24N2O2/c1-12(2)19-14-5-3-13(4-6-14)15(11-16)17-7-9-18-10-8-17/h3-6,12,15H,7-11,16H2,1-2H3. The first-order chi connectivity index (χ1) is 9.20. The Kier molecular flexibility index (Phi) is 5.19. The molecule has 4 nitrogen and oxygen atoms in total. The molecule has 1 aliphatic heterocycles. The number of benzene rings is 1. The van der Waals surface area contributed by atoms with E-state index < -0.39 is 0 Å². The summed E-state index contributed by atoms with van der Waals surface area (Å²) in [7, 11) is 0. The van der Waals surface area contributed by atoms with E-state index in [1.54, 1.807) is 0 Å². The highest BCUT2D eigenvalue weighted by Crippen LogP contribution is 2.23. The minimum absolute atomic E-state index is 0.204. The summed E-state index contributed by atoms with van der Waals surface area (Å²) < 4.78 is 11.1. The van der Waals surface area contributed by atoms with Crippen LogP contribution in [0.4, 0.5) is 0 Å². The Morgan fingerprint density at radius 3 is 2.37 bits per heavy atom. The highest BCUT2D eigenvalue weighted by molar-refractivity contribution is 5.29. The summed E-state index contributed by atoms with van der Waals surface area (Å²) in [4.78, 5) is 2.39. The SMILES string of the molecule is CC(C)Oc1ccc(C(CN)N2CCOCC2)cc1. The maximum atomic E-state index is 5.94. The van der Waals surface area contributed by atoms with Gasteiger partial charge in [-0.15, -0.1) is 0 Å². The number of hydrogen-bond donors (Lipinski definition) is 1. The molecule has 2 N–H and O–H groups in total. The molecule has 1 heterocycles. The van der Waals surface area contributed by atoms with Crippen molar-refractivity contribution in [2.45, 2.75) is 26.0 Å². The number of rotatable bonds is 5. The molecule has 0 spiro atoms. The van der Waals surface area contributed by atoms with Crippen molar-refractivity contribution in [2.75, 3.05) is 32.8 Å². The van der Waals surface area contributed by atoms with E-state index in [2.05, 4.69) is 17.0 Å². The van der Waals surface area contributed by atoms with E-state index in [-0.39, 0.29) is 12.1 Å². The van der Waals surface area contributed by atoms with Crippen molar-refractivity contribution in [3.8, 4) is 5.75 Å². The van der Waals surface area contributed by atoms with E-state index in [4.69, 9.17) is 15.2 Å². The summed E-state index contributed by atoms with van der Waals surface area (Å²) in [6.45, 7) is 8.19. The van der Waals surface area contributed by atoms with E-state index in [1.807, 2.05) is 26.0 Å². The molecule has 0 aromatic heterocycles. The second-order valence-electron chi connectivity index (χ2n) is 5.14. The van der Waals surface area contributed by atoms with Gasteiger partial charge in [-0.2, -0.15) is 0 Å². The fraction of sp³-hybridized carbons (Fsp3) is 0.600. The lowest BCUT2D eigenvalue weighted by molar-refractivity contribution is 0.0179. The summed E-state index contributed by atoms with van der Waals surface area (Å²) in [5, 5.41) is 0. The maximum Gasteiger partial charge on any atom is 0.119 e. The van der Waals surface area contributed by atoms with E-state index >= 15 is 0 Å². The van der Waals surface area contributed by atoms with Gasteiger partial charge in [-0.05, 0) is 31.5 Å². The first-order valence-electron chi connectivity index (χ1n) is 6.99. The minimum Gasteiger partial charge on any atom is -0.491 e. The summed E-state index contributed by atoms with van der Waals surface area (Å²) in [6, 6.07) is 8.56. The number of nitrogens with two attached hydrogens (primary N) is 1. The Labute approximate surface area is 115 Å². The predicted molar refractivity (Wildman–Crippen MR) is 76.4 cm³/mol. The molecule has 0 amide bonds. The van der Waals surface area contributed by atoms with Crippen molar-refractivity contribution < 1.29 is 9.47 Å². The van der Waals surface area contributed by atoms with Crippen LogP contribution in [-0.2, 0) is 4.74 Å². The molecule has 1 aliphatic rings. The zero-order chi connectivity index (χ0) is 13.7. The zero-order valence-corrected chi connectivity index (χ0v) is 11.8. The third-order valence-electron chi connectivity index (χ3n) is 3.35. The molecule has 1 fully saturated rings. The smallest absolute Gasteiger partial charge is 0.119 e. The molecular formula is C15H24N2O2. The van der Waals surface area contributed by atoms with E-state index in [1.165, 1.54) is 5.56 Å². The van der Waals surface area contributed by atoms with Crippen LogP contribution in [0.5, 0.6) is 5.75 Å². The first-order valence-corrected chi connectivity index (χ1v) is 6.99. The monoisotopic (exact) mass is 264 g/mol. The number of morpholine rings is 1. The topological polar surface area (TPSA) is 47.7 Å². The number of nitrogens with zero attached hydrogens (tertiary/aromatic N) is 1. The summed E-state index contributed by atoms with van der Waals surface area (Å²) in [6.07, 6.45) is 0.204. The van der Waals surface area contributed by atoms with Crippen molar-refractivity contribution in [1.82, 2.24) is 4.90 Å². The quantitative estimate of drug-likeness (QED) is 0.881. The molecule has 0 bridgehead atoms. The van der Waals surface area contributed by atoms with Crippen LogP contribution in [0.1, 0.15) is 25.5 Å². The van der Waals surface area contributed by atoms with Gasteiger partial charge in [0, 0.05) is 25.7 Å². The first kappa shape index (κ1) is 14.3. The third kappa shape index (κ3) is 3.93. The van der Waals surface area contributed by atoms with Crippen molar-refractivity contribution in [3.05, 3.63) is 29.8 Å². The van der Waals surface area contributed by atoms with Crippen LogP contribution >= 0.6 is 0 Å². The highest BCUT2D eigenvalue weighted by Gasteiger charge is 2.21. The number of ether oxygens (including phenoxy) is 2. The molecule has 0 saturated carbocycles. The van der Waals surface area contributed by atoms with Crippen LogP contribution in [0.25, 0.3) is 0 Å². The molecule has 1 aromatic carbocycles. The van der Waals surface area contributed by atoms with Crippen LogP contribution < -0.4 is 10.5 Å². The number of hydrogen-bond acceptors (Lipinski definition) is 4. The summed E-state index contributed by atoms with van der Waals surface area (Å²) in [5.41, 5.74) is 7.19. The Balaban J connectivity index is 2.05. The van der Waals surface area contributed by atoms with Gasteiger partial charge < -0.3 is 15.2 Å². The molecule has 2 rings (SSSR count). The average molecular weight is 264 g/mol. The van der Waals surface area contributed by atoms with Gasteiger partial charge in [0.25, 0.3) is 0 Å². The fourth-order valence-corrected chi connectivity index (χ4v) is 2.43. The second kappa shape index (κ2) is 6.89. The lowest BCUT2D eigenvalue weighted by Crippen LogP contribution is -2.41. The van der Waals surface area contributed by atoms with Crippen LogP contribution in [0.15, 0.2) is 24.3 Å². The lowest BCUT2D eigenvalue weighted by atomic mass is 10.0. The molecule has 19 heavy (non-hydrogen) atoms. The van der Waals surface area contributed by atoms with Crippen molar-refractivity contribution in [3.63, 3.8) is 0 Å². The Bertz CT molecular complexity index is 372. The molecule has 1 unspecified atom stereocenters. The van der Waals surface area contributed by atoms with E-state index in [9.17, 15) is 0 Å². The van der Waals surface area contributed by atoms with Crippen LogP contribution in [-0.4, -0.2) is 43.9 Å².